The van der Waals surface area contributed by atoms with Crippen molar-refractivity contribution >= 4 is 27.8 Å². The fourth-order valence-electron chi connectivity index (χ4n) is 2.92. The zero-order valence-corrected chi connectivity index (χ0v) is 19.0. The van der Waals surface area contributed by atoms with Gasteiger partial charge in [-0.25, -0.2) is 18.2 Å². The molecule has 0 saturated heterocycles. The minimum atomic E-state index is -4.05. The molecule has 3 aromatic rings. The highest BCUT2D eigenvalue weighted by atomic mass is 32.2. The summed E-state index contributed by atoms with van der Waals surface area (Å²) in [5.41, 5.74) is 4.18. The summed E-state index contributed by atoms with van der Waals surface area (Å²) in [7, 11) is -4.05. The lowest BCUT2D eigenvalue weighted by Crippen LogP contribution is -2.39. The predicted octanol–water partition coefficient (Wildman–Crippen LogP) is 3.88. The van der Waals surface area contributed by atoms with Crippen LogP contribution >= 0.6 is 0 Å². The van der Waals surface area contributed by atoms with E-state index in [-0.39, 0.29) is 10.7 Å². The molecule has 3 aromatic carbocycles. The maximum Gasteiger partial charge on any atom is 0.264 e. The third-order valence-electron chi connectivity index (χ3n) is 4.60. The van der Waals surface area contributed by atoms with E-state index in [9.17, 15) is 17.6 Å². The molecule has 1 amide bonds. The van der Waals surface area contributed by atoms with Crippen LogP contribution in [0, 0.1) is 12.7 Å². The average Bonchev–Trinajstić information content (AvgIpc) is 2.80. The van der Waals surface area contributed by atoms with Crippen LogP contribution in [0.3, 0.4) is 0 Å². The number of ether oxygens (including phenoxy) is 1. The first kappa shape index (κ1) is 23.9. The van der Waals surface area contributed by atoms with E-state index < -0.39 is 22.5 Å². The van der Waals surface area contributed by atoms with Crippen LogP contribution in [0.25, 0.3) is 0 Å². The standard InChI is InChI=1S/C24H24FN3O4S/c1-3-32-22-12-14-23(15-13-22)33(30,31)28(21-10-4-18(2)5-11-21)17-24(29)27-26-16-19-6-8-20(25)9-7-19/h4-16H,3,17H2,1-2H3,(H,27,29)/b26-16+. The minimum Gasteiger partial charge on any atom is -0.494 e. The van der Waals surface area contributed by atoms with E-state index in [0.717, 1.165) is 9.87 Å². The topological polar surface area (TPSA) is 88.1 Å². The van der Waals surface area contributed by atoms with Gasteiger partial charge in [-0.1, -0.05) is 29.8 Å². The van der Waals surface area contributed by atoms with Gasteiger partial charge in [0.05, 0.1) is 23.4 Å². The third-order valence-corrected chi connectivity index (χ3v) is 6.39. The Hall–Kier alpha value is -3.72. The maximum absolute atomic E-state index is 13.4. The van der Waals surface area contributed by atoms with E-state index in [1.165, 1.54) is 42.6 Å². The van der Waals surface area contributed by atoms with Crippen LogP contribution in [0.1, 0.15) is 18.1 Å². The number of halogens is 1. The van der Waals surface area contributed by atoms with E-state index in [0.29, 0.717) is 23.6 Å². The first-order valence-corrected chi connectivity index (χ1v) is 11.6. The Kier molecular flexibility index (Phi) is 7.78. The number of aryl methyl sites for hydroxylation is 1. The Morgan fingerprint density at radius 2 is 1.67 bits per heavy atom. The fourth-order valence-corrected chi connectivity index (χ4v) is 4.34. The number of carbonyl (C=O) groups excluding carboxylic acids is 1. The number of hydrazone groups is 1. The van der Waals surface area contributed by atoms with E-state index in [4.69, 9.17) is 4.74 Å². The van der Waals surface area contributed by atoms with E-state index in [2.05, 4.69) is 10.5 Å². The highest BCUT2D eigenvalue weighted by Crippen LogP contribution is 2.25. The molecule has 172 valence electrons. The molecule has 0 heterocycles. The van der Waals surface area contributed by atoms with Crippen molar-refractivity contribution in [3.63, 3.8) is 0 Å². The second-order valence-corrected chi connectivity index (χ2v) is 8.96. The largest absolute Gasteiger partial charge is 0.494 e. The smallest absolute Gasteiger partial charge is 0.264 e. The molecule has 0 bridgehead atoms. The average molecular weight is 470 g/mol. The monoisotopic (exact) mass is 469 g/mol. The summed E-state index contributed by atoms with van der Waals surface area (Å²) in [6, 6.07) is 18.3. The molecule has 0 aromatic heterocycles. The SMILES string of the molecule is CCOc1ccc(S(=O)(=O)N(CC(=O)N/N=C/c2ccc(F)cc2)c2ccc(C)cc2)cc1. The number of amides is 1. The second-order valence-electron chi connectivity index (χ2n) is 7.10. The molecule has 0 fully saturated rings. The number of carbonyl (C=O) groups is 1. The number of sulfonamides is 1. The first-order valence-electron chi connectivity index (χ1n) is 10.2. The number of hydrogen-bond donors (Lipinski definition) is 1. The summed E-state index contributed by atoms with van der Waals surface area (Å²) < 4.78 is 46.1. The number of benzene rings is 3. The summed E-state index contributed by atoms with van der Waals surface area (Å²) >= 11 is 0. The Bertz CT molecular complexity index is 1210. The molecule has 0 unspecified atom stereocenters. The molecule has 9 heteroatoms. The zero-order valence-electron chi connectivity index (χ0n) is 18.2. The summed E-state index contributed by atoms with van der Waals surface area (Å²) in [4.78, 5) is 12.6. The lowest BCUT2D eigenvalue weighted by molar-refractivity contribution is -0.119. The molecule has 0 aliphatic carbocycles. The molecule has 33 heavy (non-hydrogen) atoms. The maximum atomic E-state index is 13.4. The normalized spacial score (nSPS) is 11.4. The zero-order chi connectivity index (χ0) is 23.8. The van der Waals surface area contributed by atoms with Crippen molar-refractivity contribution in [3.8, 4) is 5.75 Å². The summed E-state index contributed by atoms with van der Waals surface area (Å²) in [6.45, 7) is 3.69. The lowest BCUT2D eigenvalue weighted by atomic mass is 10.2. The van der Waals surface area contributed by atoms with Gasteiger partial charge in [0.1, 0.15) is 18.1 Å². The number of anilines is 1. The lowest BCUT2D eigenvalue weighted by Gasteiger charge is -2.24. The van der Waals surface area contributed by atoms with Gasteiger partial charge in [-0.05, 0) is 67.9 Å². The molecule has 0 spiro atoms. The van der Waals surface area contributed by atoms with Gasteiger partial charge in [-0.15, -0.1) is 0 Å². The van der Waals surface area contributed by atoms with Crippen LogP contribution in [0.2, 0.25) is 0 Å². The Morgan fingerprint density at radius 1 is 1.03 bits per heavy atom. The molecule has 0 aliphatic heterocycles. The van der Waals surface area contributed by atoms with Gasteiger partial charge in [0.2, 0.25) is 0 Å². The third kappa shape index (κ3) is 6.39. The number of nitrogens with one attached hydrogen (secondary N) is 1. The van der Waals surface area contributed by atoms with Crippen molar-refractivity contribution in [2.75, 3.05) is 17.5 Å². The highest BCUT2D eigenvalue weighted by molar-refractivity contribution is 7.92. The van der Waals surface area contributed by atoms with Gasteiger partial charge in [0.25, 0.3) is 15.9 Å². The van der Waals surface area contributed by atoms with Crippen molar-refractivity contribution < 1.29 is 22.3 Å². The summed E-state index contributed by atoms with van der Waals surface area (Å²) in [6.07, 6.45) is 1.34. The Morgan fingerprint density at radius 3 is 2.27 bits per heavy atom. The predicted molar refractivity (Wildman–Crippen MR) is 125 cm³/mol. The molecule has 0 saturated carbocycles. The molecule has 0 atom stereocenters. The molecule has 1 N–H and O–H groups in total. The number of hydrogen-bond acceptors (Lipinski definition) is 5. The first-order chi connectivity index (χ1) is 15.8. The van der Waals surface area contributed by atoms with Crippen molar-refractivity contribution in [2.45, 2.75) is 18.7 Å². The molecular weight excluding hydrogens is 445 g/mol. The van der Waals surface area contributed by atoms with Crippen LogP contribution in [-0.4, -0.2) is 33.7 Å². The molecular formula is C24H24FN3O4S. The van der Waals surface area contributed by atoms with Gasteiger partial charge in [-0.3, -0.25) is 9.10 Å². The molecule has 3 rings (SSSR count). The van der Waals surface area contributed by atoms with Gasteiger partial charge >= 0.3 is 0 Å². The number of rotatable bonds is 9. The minimum absolute atomic E-state index is 0.0224. The summed E-state index contributed by atoms with van der Waals surface area (Å²) in [5, 5.41) is 3.83. The summed E-state index contributed by atoms with van der Waals surface area (Å²) in [5.74, 6) is -0.473. The van der Waals surface area contributed by atoms with Gasteiger partial charge in [-0.2, -0.15) is 5.10 Å². The van der Waals surface area contributed by atoms with Gasteiger partial charge < -0.3 is 4.74 Å². The number of nitrogens with zero attached hydrogens (tertiary/aromatic N) is 2. The molecule has 0 radical (unpaired) electrons. The quantitative estimate of drug-likeness (QED) is 0.381. The van der Waals surface area contributed by atoms with Gasteiger partial charge in [0.15, 0.2) is 0 Å². The van der Waals surface area contributed by atoms with E-state index >= 15 is 0 Å². The van der Waals surface area contributed by atoms with E-state index in [1.807, 2.05) is 13.8 Å². The van der Waals surface area contributed by atoms with Crippen LogP contribution < -0.4 is 14.5 Å². The van der Waals surface area contributed by atoms with Crippen LogP contribution in [0.4, 0.5) is 10.1 Å². The van der Waals surface area contributed by atoms with Crippen molar-refractivity contribution in [3.05, 3.63) is 89.7 Å². The van der Waals surface area contributed by atoms with Crippen LogP contribution in [-0.2, 0) is 14.8 Å². The second kappa shape index (κ2) is 10.7. The van der Waals surface area contributed by atoms with Crippen molar-refractivity contribution in [2.24, 2.45) is 5.10 Å². The molecule has 0 aliphatic rings. The van der Waals surface area contributed by atoms with Crippen molar-refractivity contribution in [1.29, 1.82) is 0 Å². The highest BCUT2D eigenvalue weighted by Gasteiger charge is 2.27. The van der Waals surface area contributed by atoms with Crippen LogP contribution in [0.5, 0.6) is 5.75 Å². The van der Waals surface area contributed by atoms with Crippen molar-refractivity contribution in [1.82, 2.24) is 5.43 Å². The Balaban J connectivity index is 1.82. The van der Waals surface area contributed by atoms with E-state index in [1.54, 1.807) is 36.4 Å². The fraction of sp³-hybridized carbons (Fsp3) is 0.167. The van der Waals surface area contributed by atoms with Gasteiger partial charge in [0, 0.05) is 0 Å². The Labute approximate surface area is 192 Å². The molecule has 7 nitrogen and oxygen atoms in total. The van der Waals surface area contributed by atoms with Crippen LogP contribution in [0.15, 0.2) is 82.8 Å².